The van der Waals surface area contributed by atoms with Crippen molar-refractivity contribution in [3.8, 4) is 5.75 Å². The van der Waals surface area contributed by atoms with E-state index >= 15 is 0 Å². The SMILES string of the molecule is COc1c(F)c(F)cc(CN)c1F.Cl. The van der Waals surface area contributed by atoms with Crippen molar-refractivity contribution in [1.29, 1.82) is 0 Å². The normalized spacial score (nSPS) is 9.50. The van der Waals surface area contributed by atoms with Crippen LogP contribution < -0.4 is 10.5 Å². The van der Waals surface area contributed by atoms with E-state index in [1.165, 1.54) is 0 Å². The van der Waals surface area contributed by atoms with Crippen LogP contribution in [0.1, 0.15) is 5.56 Å². The van der Waals surface area contributed by atoms with Crippen LogP contribution in [0.5, 0.6) is 5.75 Å². The summed E-state index contributed by atoms with van der Waals surface area (Å²) >= 11 is 0. The predicted molar refractivity (Wildman–Crippen MR) is 48.0 cm³/mol. The van der Waals surface area contributed by atoms with Gasteiger partial charge in [-0.1, -0.05) is 0 Å². The summed E-state index contributed by atoms with van der Waals surface area (Å²) in [4.78, 5) is 0. The third-order valence-electron chi connectivity index (χ3n) is 1.62. The Hall–Kier alpha value is -0.940. The fraction of sp³-hybridized carbons (Fsp3) is 0.250. The van der Waals surface area contributed by atoms with Crippen molar-refractivity contribution in [1.82, 2.24) is 0 Å². The number of hydrogen-bond donors (Lipinski definition) is 1. The predicted octanol–water partition coefficient (Wildman–Crippen LogP) is 1.99. The molecule has 0 aliphatic carbocycles. The molecule has 0 radical (unpaired) electrons. The van der Waals surface area contributed by atoms with Gasteiger partial charge in [0.15, 0.2) is 17.4 Å². The fourth-order valence-electron chi connectivity index (χ4n) is 0.958. The summed E-state index contributed by atoms with van der Waals surface area (Å²) in [5.41, 5.74) is 4.99. The number of halogens is 4. The van der Waals surface area contributed by atoms with Gasteiger partial charge in [0, 0.05) is 12.1 Å². The molecule has 0 spiro atoms. The van der Waals surface area contributed by atoms with Gasteiger partial charge in [0.05, 0.1) is 7.11 Å². The molecule has 0 atom stereocenters. The van der Waals surface area contributed by atoms with Crippen LogP contribution in [0.25, 0.3) is 0 Å². The van der Waals surface area contributed by atoms with Crippen LogP contribution in [0, 0.1) is 17.5 Å². The molecule has 0 aliphatic heterocycles. The number of ether oxygens (including phenoxy) is 1. The lowest BCUT2D eigenvalue weighted by Gasteiger charge is -2.07. The molecule has 0 fully saturated rings. The standard InChI is InChI=1S/C8H8F3NO.ClH/c1-13-8-6(10)4(3-12)2-5(9)7(8)11;/h2H,3,12H2,1H3;1H. The van der Waals surface area contributed by atoms with E-state index in [9.17, 15) is 13.2 Å². The van der Waals surface area contributed by atoms with Crippen molar-refractivity contribution >= 4 is 12.4 Å². The van der Waals surface area contributed by atoms with Crippen molar-refractivity contribution in [2.45, 2.75) is 6.54 Å². The highest BCUT2D eigenvalue weighted by atomic mass is 35.5. The quantitative estimate of drug-likeness (QED) is 0.785. The van der Waals surface area contributed by atoms with Crippen LogP contribution in [-0.2, 0) is 6.54 Å². The first kappa shape index (κ1) is 13.1. The number of rotatable bonds is 2. The topological polar surface area (TPSA) is 35.2 Å². The number of nitrogens with two attached hydrogens (primary N) is 1. The highest BCUT2D eigenvalue weighted by molar-refractivity contribution is 5.85. The van der Waals surface area contributed by atoms with Gasteiger partial charge >= 0.3 is 0 Å². The van der Waals surface area contributed by atoms with Crippen LogP contribution in [0.3, 0.4) is 0 Å². The Kier molecular flexibility index (Phi) is 4.73. The molecule has 0 aromatic heterocycles. The fourth-order valence-corrected chi connectivity index (χ4v) is 0.958. The van der Waals surface area contributed by atoms with Gasteiger partial charge < -0.3 is 10.5 Å². The van der Waals surface area contributed by atoms with E-state index in [2.05, 4.69) is 4.74 Å². The smallest absolute Gasteiger partial charge is 0.203 e. The highest BCUT2D eigenvalue weighted by Crippen LogP contribution is 2.26. The minimum Gasteiger partial charge on any atom is -0.491 e. The molecule has 80 valence electrons. The average Bonchev–Trinajstić information content (AvgIpc) is 2.12. The summed E-state index contributed by atoms with van der Waals surface area (Å²) in [7, 11) is 1.06. The van der Waals surface area contributed by atoms with Crippen LogP contribution in [-0.4, -0.2) is 7.11 Å². The number of hydrogen-bond acceptors (Lipinski definition) is 2. The molecule has 0 saturated carbocycles. The Morgan fingerprint density at radius 1 is 1.29 bits per heavy atom. The lowest BCUT2D eigenvalue weighted by molar-refractivity contribution is 0.344. The molecule has 1 aromatic rings. The second-order valence-electron chi connectivity index (χ2n) is 2.38. The molecule has 6 heteroatoms. The molecule has 0 aliphatic rings. The Balaban J connectivity index is 0.00000169. The number of benzene rings is 1. The minimum absolute atomic E-state index is 0. The molecule has 0 saturated heterocycles. The van der Waals surface area contributed by atoms with Crippen molar-refractivity contribution in [3.63, 3.8) is 0 Å². The zero-order valence-corrected chi connectivity index (χ0v) is 8.13. The molecular formula is C8H9ClF3NO. The molecule has 2 nitrogen and oxygen atoms in total. The van der Waals surface area contributed by atoms with Crippen molar-refractivity contribution in [2.75, 3.05) is 7.11 Å². The van der Waals surface area contributed by atoms with E-state index in [4.69, 9.17) is 5.73 Å². The molecule has 1 rings (SSSR count). The lowest BCUT2D eigenvalue weighted by Crippen LogP contribution is -2.05. The Labute approximate surface area is 85.3 Å². The van der Waals surface area contributed by atoms with E-state index in [1.54, 1.807) is 0 Å². The van der Waals surface area contributed by atoms with Gasteiger partial charge in [0.25, 0.3) is 0 Å². The van der Waals surface area contributed by atoms with Crippen LogP contribution in [0.15, 0.2) is 6.07 Å². The monoisotopic (exact) mass is 227 g/mol. The second-order valence-corrected chi connectivity index (χ2v) is 2.38. The molecule has 0 amide bonds. The summed E-state index contributed by atoms with van der Waals surface area (Å²) < 4.78 is 43.0. The van der Waals surface area contributed by atoms with Gasteiger partial charge in [-0.25, -0.2) is 8.78 Å². The Morgan fingerprint density at radius 3 is 2.29 bits per heavy atom. The average molecular weight is 228 g/mol. The van der Waals surface area contributed by atoms with E-state index < -0.39 is 23.2 Å². The molecule has 0 bridgehead atoms. The zero-order chi connectivity index (χ0) is 10.0. The van der Waals surface area contributed by atoms with E-state index in [0.717, 1.165) is 7.11 Å². The van der Waals surface area contributed by atoms with Crippen LogP contribution >= 0.6 is 12.4 Å². The maximum atomic E-state index is 13.1. The summed E-state index contributed by atoms with van der Waals surface area (Å²) in [6.07, 6.45) is 0. The maximum absolute atomic E-state index is 13.1. The molecule has 0 unspecified atom stereocenters. The summed E-state index contributed by atoms with van der Waals surface area (Å²) in [6, 6.07) is 0.715. The van der Waals surface area contributed by atoms with Gasteiger partial charge in [0.2, 0.25) is 5.82 Å². The molecule has 0 heterocycles. The van der Waals surface area contributed by atoms with Gasteiger partial charge in [-0.15, -0.1) is 12.4 Å². The second kappa shape index (κ2) is 5.07. The Bertz CT molecular complexity index is 333. The molecular weight excluding hydrogens is 219 g/mol. The molecule has 14 heavy (non-hydrogen) atoms. The van der Waals surface area contributed by atoms with Gasteiger partial charge in [0.1, 0.15) is 0 Å². The van der Waals surface area contributed by atoms with Gasteiger partial charge in [-0.2, -0.15) is 4.39 Å². The van der Waals surface area contributed by atoms with E-state index in [0.29, 0.717) is 6.07 Å². The lowest BCUT2D eigenvalue weighted by atomic mass is 10.2. The first-order valence-electron chi connectivity index (χ1n) is 3.52. The van der Waals surface area contributed by atoms with Crippen LogP contribution in [0.4, 0.5) is 13.2 Å². The van der Waals surface area contributed by atoms with Crippen molar-refractivity contribution < 1.29 is 17.9 Å². The molecule has 1 aromatic carbocycles. The van der Waals surface area contributed by atoms with E-state index in [1.807, 2.05) is 0 Å². The largest absolute Gasteiger partial charge is 0.491 e. The third kappa shape index (κ3) is 2.10. The summed E-state index contributed by atoms with van der Waals surface area (Å²) in [6.45, 7) is -0.209. The maximum Gasteiger partial charge on any atom is 0.203 e. The van der Waals surface area contributed by atoms with Crippen LogP contribution in [0.2, 0.25) is 0 Å². The summed E-state index contributed by atoms with van der Waals surface area (Å²) in [5, 5.41) is 0. The Morgan fingerprint density at radius 2 is 1.86 bits per heavy atom. The zero-order valence-electron chi connectivity index (χ0n) is 7.31. The summed E-state index contributed by atoms with van der Waals surface area (Å²) in [5.74, 6) is -4.19. The first-order valence-corrected chi connectivity index (χ1v) is 3.52. The van der Waals surface area contributed by atoms with E-state index in [-0.39, 0.29) is 24.5 Å². The first-order chi connectivity index (χ1) is 6.11. The highest BCUT2D eigenvalue weighted by Gasteiger charge is 2.18. The third-order valence-corrected chi connectivity index (χ3v) is 1.62. The van der Waals surface area contributed by atoms with Gasteiger partial charge in [-0.05, 0) is 6.07 Å². The van der Waals surface area contributed by atoms with Crippen molar-refractivity contribution in [3.05, 3.63) is 29.1 Å². The molecule has 2 N–H and O–H groups in total. The van der Waals surface area contributed by atoms with Gasteiger partial charge in [-0.3, -0.25) is 0 Å². The van der Waals surface area contributed by atoms with Crippen molar-refractivity contribution in [2.24, 2.45) is 5.73 Å². The minimum atomic E-state index is -1.34. The number of methoxy groups -OCH3 is 1.